The Bertz CT molecular complexity index is 1210. The number of nitrogens with one attached hydrogen (secondary N) is 2. The van der Waals surface area contributed by atoms with Crippen LogP contribution in [0.4, 0.5) is 10.7 Å². The van der Waals surface area contributed by atoms with Crippen LogP contribution in [0.2, 0.25) is 0 Å². The van der Waals surface area contributed by atoms with Gasteiger partial charge in [-0.2, -0.15) is 0 Å². The van der Waals surface area contributed by atoms with Crippen LogP contribution in [0.1, 0.15) is 31.9 Å². The minimum absolute atomic E-state index is 0.0427. The number of hydrogen-bond acceptors (Lipinski definition) is 6. The van der Waals surface area contributed by atoms with Crippen molar-refractivity contribution in [3.8, 4) is 0 Å². The number of nitro benzene ring substituents is 1. The minimum Gasteiger partial charge on any atom is -0.353 e. The Hall–Kier alpha value is -3.49. The molecule has 7 nitrogen and oxygen atoms in total. The van der Waals surface area contributed by atoms with E-state index in [1.807, 2.05) is 12.1 Å². The predicted molar refractivity (Wildman–Crippen MR) is 126 cm³/mol. The summed E-state index contributed by atoms with van der Waals surface area (Å²) in [6.45, 7) is 2.66. The molecule has 3 aromatic rings. The molecule has 1 amide bonds. The zero-order valence-electron chi connectivity index (χ0n) is 17.3. The molecule has 1 atom stereocenters. The first-order valence-electron chi connectivity index (χ1n) is 10.5. The first kappa shape index (κ1) is 20.4. The number of carbonyl (C=O) groups is 1. The molecule has 5 rings (SSSR count). The molecule has 0 fully saturated rings. The lowest BCUT2D eigenvalue weighted by Gasteiger charge is -2.28. The third kappa shape index (κ3) is 4.15. The predicted octanol–water partition coefficient (Wildman–Crippen LogP) is 4.41. The molecule has 8 heteroatoms. The molecule has 0 radical (unpaired) electrons. The van der Waals surface area contributed by atoms with Crippen LogP contribution in [0.15, 0.2) is 60.7 Å². The van der Waals surface area contributed by atoms with E-state index in [1.54, 1.807) is 29.5 Å². The Morgan fingerprint density at radius 2 is 2.00 bits per heavy atom. The summed E-state index contributed by atoms with van der Waals surface area (Å²) in [4.78, 5) is 27.1. The van der Waals surface area contributed by atoms with Crippen LogP contribution in [0.25, 0.3) is 6.08 Å². The number of rotatable bonds is 5. The number of non-ortho nitro benzene ring substituents is 1. The van der Waals surface area contributed by atoms with Crippen LogP contribution in [0, 0.1) is 10.1 Å². The van der Waals surface area contributed by atoms with Gasteiger partial charge in [-0.05, 0) is 29.2 Å². The van der Waals surface area contributed by atoms with Gasteiger partial charge in [0, 0.05) is 36.6 Å². The van der Waals surface area contributed by atoms with E-state index in [9.17, 15) is 14.9 Å². The summed E-state index contributed by atoms with van der Waals surface area (Å²) in [5.41, 5.74) is 3.97. The molecular weight excluding hydrogens is 424 g/mol. The van der Waals surface area contributed by atoms with Crippen molar-refractivity contribution >= 4 is 34.0 Å². The molecule has 32 heavy (non-hydrogen) atoms. The summed E-state index contributed by atoms with van der Waals surface area (Å²) >= 11 is 1.65. The topological polar surface area (TPSA) is 87.5 Å². The van der Waals surface area contributed by atoms with Crippen molar-refractivity contribution in [1.82, 2.24) is 10.2 Å². The second-order valence-electron chi connectivity index (χ2n) is 7.96. The summed E-state index contributed by atoms with van der Waals surface area (Å²) < 4.78 is 0. The molecule has 0 spiro atoms. The fourth-order valence-corrected chi connectivity index (χ4v) is 5.54. The number of benzene rings is 2. The lowest BCUT2D eigenvalue weighted by atomic mass is 10.0. The number of hydrogen-bond donors (Lipinski definition) is 2. The van der Waals surface area contributed by atoms with Gasteiger partial charge in [0.05, 0.1) is 10.5 Å². The van der Waals surface area contributed by atoms with E-state index in [-0.39, 0.29) is 17.8 Å². The molecule has 2 aromatic carbocycles. The van der Waals surface area contributed by atoms with Gasteiger partial charge in [0.15, 0.2) is 0 Å². The van der Waals surface area contributed by atoms with Gasteiger partial charge in [-0.15, -0.1) is 11.3 Å². The summed E-state index contributed by atoms with van der Waals surface area (Å²) in [6.07, 6.45) is 4.10. The Labute approximate surface area is 189 Å². The van der Waals surface area contributed by atoms with Crippen LogP contribution in [-0.2, 0) is 19.5 Å². The van der Waals surface area contributed by atoms with Crippen LogP contribution in [-0.4, -0.2) is 28.4 Å². The van der Waals surface area contributed by atoms with Gasteiger partial charge in [-0.25, -0.2) is 0 Å². The number of nitrogens with zero attached hydrogens (tertiary/aromatic N) is 2. The lowest BCUT2D eigenvalue weighted by Crippen LogP contribution is -2.43. The maximum Gasteiger partial charge on any atom is 0.270 e. The number of nitro groups is 1. The maximum atomic E-state index is 12.9. The van der Waals surface area contributed by atoms with Crippen molar-refractivity contribution in [1.29, 1.82) is 0 Å². The molecule has 0 aliphatic carbocycles. The maximum absolute atomic E-state index is 12.9. The first-order chi connectivity index (χ1) is 15.6. The van der Waals surface area contributed by atoms with Crippen LogP contribution >= 0.6 is 11.3 Å². The molecule has 2 aliphatic rings. The number of carbonyl (C=O) groups excluding carboxylic acids is 1. The highest BCUT2D eigenvalue weighted by Crippen LogP contribution is 2.39. The average molecular weight is 447 g/mol. The molecule has 3 heterocycles. The highest BCUT2D eigenvalue weighted by Gasteiger charge is 2.32. The van der Waals surface area contributed by atoms with Gasteiger partial charge >= 0.3 is 0 Å². The number of fused-ring (bicyclic) bond motifs is 3. The molecule has 1 aromatic heterocycles. The first-order valence-corrected chi connectivity index (χ1v) is 11.3. The van der Waals surface area contributed by atoms with Crippen molar-refractivity contribution in [3.63, 3.8) is 0 Å². The average Bonchev–Trinajstić information content (AvgIpc) is 3.16. The molecule has 0 saturated heterocycles. The zero-order valence-corrected chi connectivity index (χ0v) is 18.1. The van der Waals surface area contributed by atoms with Crippen molar-refractivity contribution in [2.75, 3.05) is 11.9 Å². The highest BCUT2D eigenvalue weighted by atomic mass is 32.1. The minimum atomic E-state index is -0.415. The van der Waals surface area contributed by atoms with E-state index >= 15 is 0 Å². The normalized spacial score (nSPS) is 18.0. The summed E-state index contributed by atoms with van der Waals surface area (Å²) in [5.74, 6) is -0.0681. The summed E-state index contributed by atoms with van der Waals surface area (Å²) in [7, 11) is 0. The van der Waals surface area contributed by atoms with Gasteiger partial charge < -0.3 is 10.6 Å². The molecule has 0 unspecified atom stereocenters. The smallest absolute Gasteiger partial charge is 0.270 e. The van der Waals surface area contributed by atoms with Crippen molar-refractivity contribution in [3.05, 3.63) is 97.9 Å². The van der Waals surface area contributed by atoms with Gasteiger partial charge in [-0.3, -0.25) is 19.8 Å². The van der Waals surface area contributed by atoms with Crippen molar-refractivity contribution in [2.24, 2.45) is 0 Å². The van der Waals surface area contributed by atoms with E-state index in [0.717, 1.165) is 42.2 Å². The molecule has 2 N–H and O–H groups in total. The van der Waals surface area contributed by atoms with E-state index in [2.05, 4.69) is 39.8 Å². The van der Waals surface area contributed by atoms with Crippen molar-refractivity contribution in [2.45, 2.75) is 25.7 Å². The van der Waals surface area contributed by atoms with Crippen molar-refractivity contribution < 1.29 is 9.72 Å². The summed E-state index contributed by atoms with van der Waals surface area (Å²) in [5, 5.41) is 18.3. The third-order valence-electron chi connectivity index (χ3n) is 5.75. The third-order valence-corrected chi connectivity index (χ3v) is 6.90. The number of anilines is 1. The van der Waals surface area contributed by atoms with E-state index in [1.165, 1.54) is 22.6 Å². The highest BCUT2D eigenvalue weighted by molar-refractivity contribution is 7.16. The Balaban J connectivity index is 1.31. The van der Waals surface area contributed by atoms with Gasteiger partial charge in [0.1, 0.15) is 11.2 Å². The Morgan fingerprint density at radius 3 is 2.81 bits per heavy atom. The van der Waals surface area contributed by atoms with Crippen LogP contribution in [0.3, 0.4) is 0 Å². The SMILES string of the molecule is O=C1N[C@@H](/C=C\c2cccc([N+](=O)[O-])c2)Nc2sc3c(c21)CCN(Cc1ccccc1)C3. The zero-order chi connectivity index (χ0) is 22.1. The number of amides is 1. The fraction of sp³-hybridized carbons (Fsp3) is 0.208. The lowest BCUT2D eigenvalue weighted by molar-refractivity contribution is -0.384. The Morgan fingerprint density at radius 1 is 1.16 bits per heavy atom. The molecule has 2 aliphatic heterocycles. The number of thiophene rings is 1. The van der Waals surface area contributed by atoms with Crippen LogP contribution < -0.4 is 10.6 Å². The molecule has 162 valence electrons. The van der Waals surface area contributed by atoms with Gasteiger partial charge in [0.25, 0.3) is 11.6 Å². The molecule has 0 saturated carbocycles. The van der Waals surface area contributed by atoms with E-state index in [4.69, 9.17) is 0 Å². The molecule has 0 bridgehead atoms. The van der Waals surface area contributed by atoms with Gasteiger partial charge in [-0.1, -0.05) is 48.5 Å². The Kier molecular flexibility index (Phi) is 5.46. The standard InChI is InChI=1S/C24H22N4O3S/c29-23-22-19-11-12-27(14-17-5-2-1-3-6-17)15-20(19)32-24(22)26-21(25-23)10-9-16-7-4-8-18(13-16)28(30)31/h1-10,13,21,26H,11-12,14-15H2,(H,25,29)/b10-9-/t21-/m1/s1. The van der Waals surface area contributed by atoms with E-state index < -0.39 is 4.92 Å². The fourth-order valence-electron chi connectivity index (χ4n) is 4.21. The van der Waals surface area contributed by atoms with Crippen LogP contribution in [0.5, 0.6) is 0 Å². The molecular formula is C24H22N4O3S. The monoisotopic (exact) mass is 446 g/mol. The second kappa shape index (κ2) is 8.57. The summed E-state index contributed by atoms with van der Waals surface area (Å²) in [6, 6.07) is 16.8. The van der Waals surface area contributed by atoms with Gasteiger partial charge in [0.2, 0.25) is 0 Å². The quantitative estimate of drug-likeness (QED) is 0.448. The largest absolute Gasteiger partial charge is 0.353 e. The van der Waals surface area contributed by atoms with E-state index in [0.29, 0.717) is 5.56 Å². The second-order valence-corrected chi connectivity index (χ2v) is 9.07.